The maximum absolute atomic E-state index is 12.8. The monoisotopic (exact) mass is 391 g/mol. The Morgan fingerprint density at radius 3 is 2.43 bits per heavy atom. The Bertz CT molecular complexity index is 743. The molecular formula is C20H25NO7. The lowest BCUT2D eigenvalue weighted by Crippen LogP contribution is -2.53. The second-order valence-corrected chi connectivity index (χ2v) is 7.83. The second kappa shape index (κ2) is 7.79. The summed E-state index contributed by atoms with van der Waals surface area (Å²) in [6.07, 6.45) is -1.20. The molecule has 1 aliphatic heterocycles. The summed E-state index contributed by atoms with van der Waals surface area (Å²) in [7, 11) is 1.24. The zero-order valence-electron chi connectivity index (χ0n) is 16.4. The number of fused-ring (bicyclic) bond motifs is 1. The first-order valence-electron chi connectivity index (χ1n) is 9.14. The number of ether oxygens (including phenoxy) is 4. The summed E-state index contributed by atoms with van der Waals surface area (Å²) in [5.74, 6) is -1.74. The van der Waals surface area contributed by atoms with Crippen LogP contribution in [0.5, 0.6) is 0 Å². The summed E-state index contributed by atoms with van der Waals surface area (Å²) in [6.45, 7) is 5.29. The molecule has 3 rings (SSSR count). The lowest BCUT2D eigenvalue weighted by molar-refractivity contribution is -0.157. The van der Waals surface area contributed by atoms with Crippen molar-refractivity contribution in [1.82, 2.24) is 4.90 Å². The van der Waals surface area contributed by atoms with Crippen molar-refractivity contribution < 1.29 is 33.3 Å². The molecule has 1 aromatic carbocycles. The zero-order valence-corrected chi connectivity index (χ0v) is 16.4. The number of methoxy groups -OCH3 is 1. The van der Waals surface area contributed by atoms with Gasteiger partial charge in [-0.25, -0.2) is 9.59 Å². The molecule has 2 aliphatic rings. The first kappa shape index (κ1) is 20.1. The van der Waals surface area contributed by atoms with Crippen molar-refractivity contribution in [1.29, 1.82) is 0 Å². The van der Waals surface area contributed by atoms with Crippen LogP contribution in [0.25, 0.3) is 0 Å². The van der Waals surface area contributed by atoms with Crippen LogP contribution < -0.4 is 0 Å². The van der Waals surface area contributed by atoms with E-state index < -0.39 is 47.7 Å². The molecule has 1 heterocycles. The van der Waals surface area contributed by atoms with Gasteiger partial charge >= 0.3 is 18.0 Å². The maximum Gasteiger partial charge on any atom is 0.411 e. The van der Waals surface area contributed by atoms with Crippen molar-refractivity contribution in [2.45, 2.75) is 51.2 Å². The van der Waals surface area contributed by atoms with Crippen LogP contribution in [0.4, 0.5) is 4.79 Å². The SMILES string of the molecule is COC(=O)[C@@H]1CO[C@@H]2[C@@H](C(=O)OC(C)(C)C)[C@@H]2N1C(=O)OCc1ccccc1. The fourth-order valence-electron chi connectivity index (χ4n) is 3.30. The van der Waals surface area contributed by atoms with E-state index in [-0.39, 0.29) is 13.2 Å². The molecule has 1 aliphatic carbocycles. The molecule has 0 aromatic heterocycles. The number of nitrogens with zero attached hydrogens (tertiary/aromatic N) is 1. The van der Waals surface area contributed by atoms with E-state index >= 15 is 0 Å². The zero-order chi connectivity index (χ0) is 20.5. The number of benzene rings is 1. The normalized spacial score (nSPS) is 26.1. The Kier molecular flexibility index (Phi) is 5.60. The Morgan fingerprint density at radius 1 is 1.14 bits per heavy atom. The van der Waals surface area contributed by atoms with E-state index in [0.717, 1.165) is 5.56 Å². The van der Waals surface area contributed by atoms with E-state index in [0.29, 0.717) is 0 Å². The maximum atomic E-state index is 12.8. The van der Waals surface area contributed by atoms with Gasteiger partial charge in [-0.3, -0.25) is 9.69 Å². The second-order valence-electron chi connectivity index (χ2n) is 7.83. The number of morpholine rings is 1. The Balaban J connectivity index is 1.74. The molecule has 152 valence electrons. The van der Waals surface area contributed by atoms with Gasteiger partial charge in [-0.15, -0.1) is 0 Å². The van der Waals surface area contributed by atoms with Crippen LogP contribution in [0.15, 0.2) is 30.3 Å². The molecule has 1 aromatic rings. The Morgan fingerprint density at radius 2 is 1.82 bits per heavy atom. The molecule has 0 bridgehead atoms. The third kappa shape index (κ3) is 4.27. The van der Waals surface area contributed by atoms with Crippen LogP contribution in [0, 0.1) is 5.92 Å². The summed E-state index contributed by atoms with van der Waals surface area (Å²) in [6, 6.07) is 7.61. The average molecular weight is 391 g/mol. The van der Waals surface area contributed by atoms with Gasteiger partial charge in [0, 0.05) is 0 Å². The first-order valence-corrected chi connectivity index (χ1v) is 9.14. The predicted octanol–water partition coefficient (Wildman–Crippen LogP) is 1.91. The van der Waals surface area contributed by atoms with Gasteiger partial charge in [-0.1, -0.05) is 30.3 Å². The van der Waals surface area contributed by atoms with Crippen molar-refractivity contribution >= 4 is 18.0 Å². The van der Waals surface area contributed by atoms with Gasteiger partial charge in [0.2, 0.25) is 0 Å². The number of esters is 2. The highest BCUT2D eigenvalue weighted by atomic mass is 16.6. The van der Waals surface area contributed by atoms with E-state index in [1.54, 1.807) is 20.8 Å². The van der Waals surface area contributed by atoms with Crippen molar-refractivity contribution in [3.8, 4) is 0 Å². The molecule has 4 atom stereocenters. The summed E-state index contributed by atoms with van der Waals surface area (Å²) >= 11 is 0. The van der Waals surface area contributed by atoms with Crippen LogP contribution >= 0.6 is 0 Å². The van der Waals surface area contributed by atoms with Gasteiger partial charge in [0.1, 0.15) is 18.1 Å². The van der Waals surface area contributed by atoms with Gasteiger partial charge in [0.25, 0.3) is 0 Å². The lowest BCUT2D eigenvalue weighted by atomic mass is 10.2. The van der Waals surface area contributed by atoms with E-state index in [1.807, 2.05) is 30.3 Å². The molecule has 0 radical (unpaired) electrons. The van der Waals surface area contributed by atoms with Crippen molar-refractivity contribution in [3.05, 3.63) is 35.9 Å². The van der Waals surface area contributed by atoms with Crippen molar-refractivity contribution in [2.24, 2.45) is 5.92 Å². The van der Waals surface area contributed by atoms with E-state index in [2.05, 4.69) is 0 Å². The minimum atomic E-state index is -0.970. The minimum Gasteiger partial charge on any atom is -0.467 e. The van der Waals surface area contributed by atoms with Gasteiger partial charge in [0.15, 0.2) is 6.04 Å². The first-order chi connectivity index (χ1) is 13.2. The highest BCUT2D eigenvalue weighted by molar-refractivity contribution is 5.86. The van der Waals surface area contributed by atoms with Crippen LogP contribution in [-0.2, 0) is 35.1 Å². The fraction of sp³-hybridized carbons (Fsp3) is 0.550. The van der Waals surface area contributed by atoms with E-state index in [4.69, 9.17) is 18.9 Å². The third-order valence-electron chi connectivity index (χ3n) is 4.59. The molecule has 0 N–H and O–H groups in total. The minimum absolute atomic E-state index is 0.0550. The average Bonchev–Trinajstić information content (AvgIpc) is 3.38. The van der Waals surface area contributed by atoms with Crippen LogP contribution in [0.1, 0.15) is 26.3 Å². The topological polar surface area (TPSA) is 91.4 Å². The third-order valence-corrected chi connectivity index (χ3v) is 4.59. The number of carbonyl (C=O) groups excluding carboxylic acids is 3. The van der Waals surface area contributed by atoms with Gasteiger partial charge < -0.3 is 18.9 Å². The number of rotatable bonds is 4. The Labute approximate surface area is 163 Å². The molecule has 8 heteroatoms. The van der Waals surface area contributed by atoms with Gasteiger partial charge in [0.05, 0.1) is 25.9 Å². The summed E-state index contributed by atoms with van der Waals surface area (Å²) in [5.41, 5.74) is 0.151. The predicted molar refractivity (Wildman–Crippen MR) is 97.1 cm³/mol. The number of amides is 1. The number of carbonyl (C=O) groups is 3. The molecule has 8 nitrogen and oxygen atoms in total. The molecule has 28 heavy (non-hydrogen) atoms. The van der Waals surface area contributed by atoms with Gasteiger partial charge in [-0.05, 0) is 26.3 Å². The van der Waals surface area contributed by atoms with E-state index in [1.165, 1.54) is 12.0 Å². The van der Waals surface area contributed by atoms with E-state index in [9.17, 15) is 14.4 Å². The summed E-state index contributed by atoms with van der Waals surface area (Å²) in [5, 5.41) is 0. The van der Waals surface area contributed by atoms with Gasteiger partial charge in [-0.2, -0.15) is 0 Å². The Hall–Kier alpha value is -2.61. The van der Waals surface area contributed by atoms with Crippen LogP contribution in [-0.4, -0.2) is 60.4 Å². The standard InChI is InChI=1S/C20H25NO7/c1-20(2,3)28-18(23)14-15-16(14)26-11-13(17(22)25-4)21(15)19(24)27-10-12-8-6-5-7-9-12/h5-9,13-16H,10-11H2,1-4H3/t13-,14-,15-,16+/m0/s1. The fourth-order valence-corrected chi connectivity index (χ4v) is 3.30. The molecular weight excluding hydrogens is 366 g/mol. The van der Waals surface area contributed by atoms with Crippen LogP contribution in [0.3, 0.4) is 0 Å². The molecule has 1 amide bonds. The molecule has 0 unspecified atom stereocenters. The molecule has 1 saturated carbocycles. The highest BCUT2D eigenvalue weighted by Gasteiger charge is 2.66. The summed E-state index contributed by atoms with van der Waals surface area (Å²) in [4.78, 5) is 38.7. The summed E-state index contributed by atoms with van der Waals surface area (Å²) < 4.78 is 21.2. The largest absolute Gasteiger partial charge is 0.467 e. The van der Waals surface area contributed by atoms with Crippen molar-refractivity contribution in [2.75, 3.05) is 13.7 Å². The number of hydrogen-bond donors (Lipinski definition) is 0. The van der Waals surface area contributed by atoms with Crippen LogP contribution in [0.2, 0.25) is 0 Å². The quantitative estimate of drug-likeness (QED) is 0.572. The molecule has 1 saturated heterocycles. The number of hydrogen-bond acceptors (Lipinski definition) is 7. The lowest BCUT2D eigenvalue weighted by Gasteiger charge is -2.32. The highest BCUT2D eigenvalue weighted by Crippen LogP contribution is 2.45. The molecule has 0 spiro atoms. The molecule has 2 fully saturated rings. The smallest absolute Gasteiger partial charge is 0.411 e. The van der Waals surface area contributed by atoms with Crippen molar-refractivity contribution in [3.63, 3.8) is 0 Å².